The highest BCUT2D eigenvalue weighted by Crippen LogP contribution is 2.34. The molecule has 1 aromatic heterocycles. The Hall–Kier alpha value is -1.68. The zero-order valence-corrected chi connectivity index (χ0v) is 14.2. The molecule has 0 spiro atoms. The van der Waals surface area contributed by atoms with Crippen LogP contribution in [0.4, 0.5) is 0 Å². The number of nitrogens with one attached hydrogen (secondary N) is 1. The Labute approximate surface area is 135 Å². The molecule has 2 aromatic rings. The number of fused-ring (bicyclic) bond motifs is 1. The number of nitrogens with zero attached hydrogens (tertiary/aromatic N) is 1. The molecule has 0 radical (unpaired) electrons. The van der Waals surface area contributed by atoms with Crippen LogP contribution >= 0.6 is 11.3 Å². The van der Waals surface area contributed by atoms with E-state index < -0.39 is 0 Å². The first-order valence-corrected chi connectivity index (χ1v) is 8.61. The number of thiazole rings is 1. The molecule has 1 heterocycles. The van der Waals surface area contributed by atoms with Gasteiger partial charge in [-0.1, -0.05) is 45.0 Å². The normalized spacial score (nSPS) is 16.8. The van der Waals surface area contributed by atoms with E-state index in [0.29, 0.717) is 12.3 Å². The number of aromatic nitrogens is 1. The van der Waals surface area contributed by atoms with Crippen molar-refractivity contribution in [3.05, 3.63) is 51.5 Å². The van der Waals surface area contributed by atoms with Crippen LogP contribution in [-0.2, 0) is 23.1 Å². The summed E-state index contributed by atoms with van der Waals surface area (Å²) in [6.07, 6.45) is 1.45. The maximum atomic E-state index is 12.1. The van der Waals surface area contributed by atoms with Crippen molar-refractivity contribution >= 4 is 17.2 Å². The third kappa shape index (κ3) is 3.22. The standard InChI is InChI=1S/C18H22N2OS/c1-18(2,3)17-20-14(11-22-17)9-16(21)19-10-13-8-12-6-4-5-7-15(12)13/h4-7,11,13H,8-10H2,1-3H3,(H,19,21)/t13-/m1/s1. The van der Waals surface area contributed by atoms with E-state index in [2.05, 4.69) is 55.3 Å². The average molecular weight is 314 g/mol. The lowest BCUT2D eigenvalue weighted by Crippen LogP contribution is -2.34. The van der Waals surface area contributed by atoms with Crippen LogP contribution in [0.5, 0.6) is 0 Å². The lowest BCUT2D eigenvalue weighted by Gasteiger charge is -2.30. The molecule has 1 N–H and O–H groups in total. The van der Waals surface area contributed by atoms with E-state index in [0.717, 1.165) is 23.7 Å². The molecular weight excluding hydrogens is 292 g/mol. The molecule has 1 aromatic carbocycles. The Balaban J connectivity index is 1.51. The van der Waals surface area contributed by atoms with Gasteiger partial charge < -0.3 is 5.32 Å². The summed E-state index contributed by atoms with van der Waals surface area (Å²) in [6, 6.07) is 8.46. The molecule has 1 amide bonds. The van der Waals surface area contributed by atoms with Gasteiger partial charge in [0.1, 0.15) is 0 Å². The molecule has 1 atom stereocenters. The van der Waals surface area contributed by atoms with E-state index in [4.69, 9.17) is 0 Å². The van der Waals surface area contributed by atoms with Crippen molar-refractivity contribution in [2.24, 2.45) is 0 Å². The number of hydrogen-bond acceptors (Lipinski definition) is 3. The minimum Gasteiger partial charge on any atom is -0.355 e. The summed E-state index contributed by atoms with van der Waals surface area (Å²) in [5.74, 6) is 0.538. The summed E-state index contributed by atoms with van der Waals surface area (Å²) in [4.78, 5) is 16.7. The summed E-state index contributed by atoms with van der Waals surface area (Å²) >= 11 is 1.64. The van der Waals surface area contributed by atoms with Crippen LogP contribution in [0.25, 0.3) is 0 Å². The molecule has 0 fully saturated rings. The van der Waals surface area contributed by atoms with Gasteiger partial charge in [0.15, 0.2) is 0 Å². The van der Waals surface area contributed by atoms with Crippen molar-refractivity contribution in [3.8, 4) is 0 Å². The van der Waals surface area contributed by atoms with Crippen molar-refractivity contribution in [2.75, 3.05) is 6.54 Å². The van der Waals surface area contributed by atoms with Crippen LogP contribution in [-0.4, -0.2) is 17.4 Å². The number of hydrogen-bond donors (Lipinski definition) is 1. The molecule has 0 unspecified atom stereocenters. The first-order valence-electron chi connectivity index (χ1n) is 7.73. The quantitative estimate of drug-likeness (QED) is 0.939. The van der Waals surface area contributed by atoms with Gasteiger partial charge in [-0.15, -0.1) is 11.3 Å². The Morgan fingerprint density at radius 1 is 1.36 bits per heavy atom. The topological polar surface area (TPSA) is 42.0 Å². The van der Waals surface area contributed by atoms with E-state index in [1.165, 1.54) is 11.1 Å². The number of rotatable bonds is 4. The summed E-state index contributed by atoms with van der Waals surface area (Å²) in [7, 11) is 0. The van der Waals surface area contributed by atoms with Crippen molar-refractivity contribution in [1.82, 2.24) is 10.3 Å². The second-order valence-corrected chi connectivity index (χ2v) is 7.83. The van der Waals surface area contributed by atoms with E-state index in [1.54, 1.807) is 11.3 Å². The van der Waals surface area contributed by atoms with Gasteiger partial charge in [-0.25, -0.2) is 4.98 Å². The summed E-state index contributed by atoms with van der Waals surface area (Å²) in [5, 5.41) is 6.13. The molecule has 3 rings (SSSR count). The lowest BCUT2D eigenvalue weighted by atomic mass is 9.77. The van der Waals surface area contributed by atoms with Gasteiger partial charge in [0.2, 0.25) is 5.91 Å². The minimum absolute atomic E-state index is 0.0506. The first kappa shape index (κ1) is 15.2. The fraction of sp³-hybridized carbons (Fsp3) is 0.444. The molecule has 116 valence electrons. The molecule has 4 heteroatoms. The number of benzene rings is 1. The monoisotopic (exact) mass is 314 g/mol. The second kappa shape index (κ2) is 5.84. The Bertz CT molecular complexity index is 684. The van der Waals surface area contributed by atoms with Gasteiger partial charge in [0.25, 0.3) is 0 Å². The summed E-state index contributed by atoms with van der Waals surface area (Å²) < 4.78 is 0. The van der Waals surface area contributed by atoms with Gasteiger partial charge >= 0.3 is 0 Å². The van der Waals surface area contributed by atoms with E-state index in [-0.39, 0.29) is 11.3 Å². The zero-order valence-electron chi connectivity index (χ0n) is 13.3. The van der Waals surface area contributed by atoms with Crippen LogP contribution < -0.4 is 5.32 Å². The van der Waals surface area contributed by atoms with Crippen molar-refractivity contribution in [2.45, 2.75) is 44.9 Å². The molecule has 1 aliphatic rings. The van der Waals surface area contributed by atoms with Gasteiger partial charge in [0, 0.05) is 23.3 Å². The highest BCUT2D eigenvalue weighted by atomic mass is 32.1. The average Bonchev–Trinajstić information content (AvgIpc) is 2.88. The second-order valence-electron chi connectivity index (χ2n) is 6.97. The maximum Gasteiger partial charge on any atom is 0.226 e. The largest absolute Gasteiger partial charge is 0.355 e. The predicted octanol–water partition coefficient (Wildman–Crippen LogP) is 3.44. The Morgan fingerprint density at radius 3 is 2.82 bits per heavy atom. The summed E-state index contributed by atoms with van der Waals surface area (Å²) in [5.41, 5.74) is 3.72. The number of amides is 1. The van der Waals surface area contributed by atoms with Crippen molar-refractivity contribution in [3.63, 3.8) is 0 Å². The van der Waals surface area contributed by atoms with Gasteiger partial charge in [-0.05, 0) is 17.5 Å². The molecule has 0 saturated carbocycles. The predicted molar refractivity (Wildman–Crippen MR) is 90.4 cm³/mol. The molecular formula is C18H22N2OS. The van der Waals surface area contributed by atoms with Gasteiger partial charge in [-0.3, -0.25) is 4.79 Å². The van der Waals surface area contributed by atoms with Crippen LogP contribution in [0.3, 0.4) is 0 Å². The van der Waals surface area contributed by atoms with Crippen LogP contribution in [0.15, 0.2) is 29.6 Å². The molecule has 0 bridgehead atoms. The SMILES string of the molecule is CC(C)(C)c1nc(CC(=O)NC[C@H]2Cc3ccccc32)cs1. The third-order valence-corrected chi connectivity index (χ3v) is 5.36. The Morgan fingerprint density at radius 2 is 2.14 bits per heavy atom. The number of carbonyl (C=O) groups excluding carboxylic acids is 1. The fourth-order valence-corrected chi connectivity index (χ4v) is 3.65. The van der Waals surface area contributed by atoms with E-state index in [1.807, 2.05) is 5.38 Å². The third-order valence-electron chi connectivity index (χ3n) is 4.04. The smallest absolute Gasteiger partial charge is 0.226 e. The minimum atomic E-state index is 0.0506. The lowest BCUT2D eigenvalue weighted by molar-refractivity contribution is -0.120. The van der Waals surface area contributed by atoms with Crippen molar-refractivity contribution < 1.29 is 4.79 Å². The first-order chi connectivity index (χ1) is 10.4. The number of carbonyl (C=O) groups is 1. The molecule has 1 aliphatic carbocycles. The van der Waals surface area contributed by atoms with Crippen LogP contribution in [0.2, 0.25) is 0 Å². The molecule has 0 saturated heterocycles. The highest BCUT2D eigenvalue weighted by molar-refractivity contribution is 7.09. The van der Waals surface area contributed by atoms with Gasteiger partial charge in [-0.2, -0.15) is 0 Å². The molecule has 3 nitrogen and oxygen atoms in total. The van der Waals surface area contributed by atoms with Gasteiger partial charge in [0.05, 0.1) is 17.1 Å². The van der Waals surface area contributed by atoms with E-state index >= 15 is 0 Å². The van der Waals surface area contributed by atoms with Crippen LogP contribution in [0.1, 0.15) is 48.5 Å². The zero-order chi connectivity index (χ0) is 15.7. The molecule has 22 heavy (non-hydrogen) atoms. The highest BCUT2D eigenvalue weighted by Gasteiger charge is 2.25. The maximum absolute atomic E-state index is 12.1. The molecule has 0 aliphatic heterocycles. The fourth-order valence-electron chi connectivity index (χ4n) is 2.74. The van der Waals surface area contributed by atoms with Crippen LogP contribution in [0, 0.1) is 0 Å². The Kier molecular flexibility index (Phi) is 4.04. The van der Waals surface area contributed by atoms with Crippen molar-refractivity contribution in [1.29, 1.82) is 0 Å². The van der Waals surface area contributed by atoms with E-state index in [9.17, 15) is 4.79 Å². The summed E-state index contributed by atoms with van der Waals surface area (Å²) in [6.45, 7) is 7.16.